The van der Waals surface area contributed by atoms with E-state index < -0.39 is 17.2 Å². The van der Waals surface area contributed by atoms with Gasteiger partial charge >= 0.3 is 11.8 Å². The molecule has 0 aromatic heterocycles. The fourth-order valence-electron chi connectivity index (χ4n) is 2.64. The summed E-state index contributed by atoms with van der Waals surface area (Å²) in [6, 6.07) is 26.8. The third-order valence-electron chi connectivity index (χ3n) is 4.22. The molecule has 0 heterocycles. The summed E-state index contributed by atoms with van der Waals surface area (Å²) >= 11 is 0. The van der Waals surface area contributed by atoms with E-state index in [1.54, 1.807) is 48.5 Å². The average Bonchev–Trinajstić information content (AvgIpc) is 2.73. The lowest BCUT2D eigenvalue weighted by Gasteiger charge is -2.40. The van der Waals surface area contributed by atoms with Crippen LogP contribution in [0.4, 0.5) is 0 Å². The molecular formula is C24H24O5. The summed E-state index contributed by atoms with van der Waals surface area (Å²) in [6.45, 7) is 5.51. The van der Waals surface area contributed by atoms with E-state index in [1.807, 2.05) is 63.2 Å². The zero-order chi connectivity index (χ0) is 20.7. The van der Waals surface area contributed by atoms with Gasteiger partial charge in [-0.05, 0) is 36.4 Å². The molecule has 0 aliphatic heterocycles. The maximum atomic E-state index is 13.3. The van der Waals surface area contributed by atoms with Crippen molar-refractivity contribution in [1.82, 2.24) is 0 Å². The molecule has 0 bridgehead atoms. The molecule has 150 valence electrons. The monoisotopic (exact) mass is 392 g/mol. The van der Waals surface area contributed by atoms with Crippen molar-refractivity contribution in [2.24, 2.45) is 5.41 Å². The highest BCUT2D eigenvalue weighted by atomic mass is 17.2. The highest BCUT2D eigenvalue weighted by molar-refractivity contribution is 5.79. The Bertz CT molecular complexity index is 861. The van der Waals surface area contributed by atoms with Gasteiger partial charge in [-0.25, -0.2) is 9.68 Å². The Morgan fingerprint density at radius 3 is 1.38 bits per heavy atom. The average molecular weight is 392 g/mol. The van der Waals surface area contributed by atoms with Crippen molar-refractivity contribution in [1.29, 1.82) is 0 Å². The van der Waals surface area contributed by atoms with Gasteiger partial charge in [0.15, 0.2) is 5.75 Å². The molecule has 0 spiro atoms. The van der Waals surface area contributed by atoms with Crippen LogP contribution in [0.5, 0.6) is 17.2 Å². The van der Waals surface area contributed by atoms with Gasteiger partial charge in [0.2, 0.25) is 0 Å². The van der Waals surface area contributed by atoms with E-state index in [2.05, 4.69) is 0 Å². The number of hydrogen-bond acceptors (Lipinski definition) is 5. The Morgan fingerprint density at radius 2 is 1.00 bits per heavy atom. The molecule has 5 nitrogen and oxygen atoms in total. The van der Waals surface area contributed by atoms with E-state index in [1.165, 1.54) is 0 Å². The molecule has 0 aliphatic carbocycles. The summed E-state index contributed by atoms with van der Waals surface area (Å²) in [5, 5.41) is 0. The van der Waals surface area contributed by atoms with E-state index in [-0.39, 0.29) is 0 Å². The van der Waals surface area contributed by atoms with Crippen molar-refractivity contribution in [3.63, 3.8) is 0 Å². The molecule has 3 aromatic rings. The molecule has 0 fully saturated rings. The maximum absolute atomic E-state index is 13.3. The molecular weight excluding hydrogens is 368 g/mol. The number of benzene rings is 3. The minimum atomic E-state index is -1.80. The molecule has 0 unspecified atom stereocenters. The molecule has 5 heteroatoms. The van der Waals surface area contributed by atoms with E-state index in [9.17, 15) is 4.79 Å². The molecule has 0 saturated heterocycles. The summed E-state index contributed by atoms with van der Waals surface area (Å²) in [4.78, 5) is 23.7. The number of para-hydroxylation sites is 3. The first kappa shape index (κ1) is 20.3. The SMILES string of the molecule is CC(C)(C)C(Oc1ccccc1)(Oc1ccccc1)C(=O)OOc1ccccc1. The minimum absolute atomic E-state index is 0.392. The van der Waals surface area contributed by atoms with E-state index in [0.717, 1.165) is 0 Å². The topological polar surface area (TPSA) is 54.0 Å². The first-order valence-corrected chi connectivity index (χ1v) is 9.33. The van der Waals surface area contributed by atoms with E-state index >= 15 is 0 Å². The highest BCUT2D eigenvalue weighted by Gasteiger charge is 2.57. The van der Waals surface area contributed by atoms with Crippen LogP contribution < -0.4 is 14.4 Å². The van der Waals surface area contributed by atoms with Gasteiger partial charge in [0.25, 0.3) is 0 Å². The van der Waals surface area contributed by atoms with Gasteiger partial charge in [-0.2, -0.15) is 0 Å². The Kier molecular flexibility index (Phi) is 6.07. The van der Waals surface area contributed by atoms with Crippen LogP contribution in [0.3, 0.4) is 0 Å². The number of carbonyl (C=O) groups excluding carboxylic acids is 1. The Hall–Kier alpha value is -3.47. The fraction of sp³-hybridized carbons (Fsp3) is 0.208. The van der Waals surface area contributed by atoms with E-state index in [0.29, 0.717) is 17.2 Å². The van der Waals surface area contributed by atoms with Gasteiger partial charge in [0, 0.05) is 0 Å². The molecule has 3 aromatic carbocycles. The fourth-order valence-corrected chi connectivity index (χ4v) is 2.64. The Morgan fingerprint density at radius 1 is 0.621 bits per heavy atom. The van der Waals surface area contributed by atoms with Crippen molar-refractivity contribution in [3.05, 3.63) is 91.0 Å². The lowest BCUT2D eigenvalue weighted by molar-refractivity contribution is -0.268. The van der Waals surface area contributed by atoms with Crippen molar-refractivity contribution in [2.75, 3.05) is 0 Å². The summed E-state index contributed by atoms with van der Waals surface area (Å²) in [6.07, 6.45) is 0. The van der Waals surface area contributed by atoms with Crippen LogP contribution in [0.2, 0.25) is 0 Å². The van der Waals surface area contributed by atoms with Crippen molar-refractivity contribution >= 4 is 5.97 Å². The normalized spacial score (nSPS) is 11.4. The van der Waals surface area contributed by atoms with E-state index in [4.69, 9.17) is 19.2 Å². The van der Waals surface area contributed by atoms with Crippen LogP contribution in [0.15, 0.2) is 91.0 Å². The van der Waals surface area contributed by atoms with Crippen LogP contribution in [0.25, 0.3) is 0 Å². The second-order valence-electron chi connectivity index (χ2n) is 7.46. The molecule has 0 saturated carbocycles. The molecule has 0 atom stereocenters. The van der Waals surface area contributed by atoms with Crippen LogP contribution >= 0.6 is 0 Å². The summed E-state index contributed by atoms with van der Waals surface area (Å²) < 4.78 is 12.3. The van der Waals surface area contributed by atoms with Crippen molar-refractivity contribution < 1.29 is 24.0 Å². The first-order valence-electron chi connectivity index (χ1n) is 9.33. The van der Waals surface area contributed by atoms with Crippen molar-refractivity contribution in [3.8, 4) is 17.2 Å². The predicted molar refractivity (Wildman–Crippen MR) is 109 cm³/mol. The van der Waals surface area contributed by atoms with Crippen LogP contribution in [-0.4, -0.2) is 11.8 Å². The minimum Gasteiger partial charge on any atom is -0.442 e. The first-order chi connectivity index (χ1) is 13.9. The number of carbonyl (C=O) groups is 1. The second kappa shape index (κ2) is 8.69. The van der Waals surface area contributed by atoms with Crippen LogP contribution in [-0.2, 0) is 9.68 Å². The zero-order valence-corrected chi connectivity index (χ0v) is 16.7. The van der Waals surface area contributed by atoms with Gasteiger partial charge in [-0.3, -0.25) is 4.89 Å². The molecule has 0 radical (unpaired) electrons. The van der Waals surface area contributed by atoms with Crippen LogP contribution in [0, 0.1) is 5.41 Å². The summed E-state index contributed by atoms with van der Waals surface area (Å²) in [5.74, 6) is -1.28. The summed E-state index contributed by atoms with van der Waals surface area (Å²) in [7, 11) is 0. The quantitative estimate of drug-likeness (QED) is 0.305. The standard InChI is InChI=1S/C24H24O5/c1-23(2,3)24(26-19-13-7-4-8-14-19,27-20-15-9-5-10-16-20)22(25)29-28-21-17-11-6-12-18-21/h4-18H,1-3H3. The molecule has 0 aliphatic rings. The van der Waals surface area contributed by atoms with Gasteiger partial charge in [-0.15, -0.1) is 0 Å². The van der Waals surface area contributed by atoms with Gasteiger partial charge < -0.3 is 9.47 Å². The largest absolute Gasteiger partial charge is 0.442 e. The van der Waals surface area contributed by atoms with Gasteiger partial charge in [0.05, 0.1) is 5.41 Å². The molecule has 29 heavy (non-hydrogen) atoms. The second-order valence-corrected chi connectivity index (χ2v) is 7.46. The van der Waals surface area contributed by atoms with Gasteiger partial charge in [-0.1, -0.05) is 75.4 Å². The molecule has 0 N–H and O–H groups in total. The lowest BCUT2D eigenvalue weighted by Crippen LogP contribution is -2.60. The number of rotatable bonds is 7. The van der Waals surface area contributed by atoms with Crippen molar-refractivity contribution in [2.45, 2.75) is 26.6 Å². The van der Waals surface area contributed by atoms with Crippen LogP contribution in [0.1, 0.15) is 20.8 Å². The maximum Gasteiger partial charge on any atom is 0.439 e. The third kappa shape index (κ3) is 4.88. The number of hydrogen-bond donors (Lipinski definition) is 0. The predicted octanol–water partition coefficient (Wildman–Crippen LogP) is 5.42. The lowest BCUT2D eigenvalue weighted by atomic mass is 9.85. The molecule has 3 rings (SSSR count). The molecule has 0 amide bonds. The van der Waals surface area contributed by atoms with Gasteiger partial charge in [0.1, 0.15) is 11.5 Å². The Balaban J connectivity index is 1.96. The Labute approximate surface area is 170 Å². The highest BCUT2D eigenvalue weighted by Crippen LogP contribution is 2.38. The summed E-state index contributed by atoms with van der Waals surface area (Å²) in [5.41, 5.74) is -0.810. The third-order valence-corrected chi connectivity index (χ3v) is 4.22. The number of ether oxygens (including phenoxy) is 2. The smallest absolute Gasteiger partial charge is 0.439 e. The zero-order valence-electron chi connectivity index (χ0n) is 16.7.